The van der Waals surface area contributed by atoms with Crippen molar-refractivity contribution < 1.29 is 22.4 Å². The van der Waals surface area contributed by atoms with Gasteiger partial charge in [-0.25, -0.2) is 14.8 Å². The summed E-state index contributed by atoms with van der Waals surface area (Å²) in [5.74, 6) is -2.51. The Balaban J connectivity index is 1.96. The average Bonchev–Trinajstić information content (AvgIpc) is 3.26. The van der Waals surface area contributed by atoms with Gasteiger partial charge in [-0.05, 0) is 18.2 Å². The molecule has 0 aliphatic carbocycles. The van der Waals surface area contributed by atoms with Crippen LogP contribution in [0.4, 0.5) is 24.9 Å². The zero-order valence-corrected chi connectivity index (χ0v) is 14.3. The summed E-state index contributed by atoms with van der Waals surface area (Å²) in [6.45, 7) is -0.318. The second kappa shape index (κ2) is 6.32. The minimum atomic E-state index is -5.28. The van der Waals surface area contributed by atoms with Crippen LogP contribution in [0.5, 0.6) is 0 Å². The van der Waals surface area contributed by atoms with Crippen LogP contribution in [-0.2, 0) is 16.9 Å². The smallest absolute Gasteiger partial charge is 0.425 e. The van der Waals surface area contributed by atoms with Gasteiger partial charge in [-0.15, -0.1) is 0 Å². The maximum Gasteiger partial charge on any atom is 0.425 e. The van der Waals surface area contributed by atoms with E-state index < -0.39 is 46.2 Å². The molecule has 3 N–H and O–H groups in total. The number of aromatic nitrogens is 4. The van der Waals surface area contributed by atoms with Gasteiger partial charge in [-0.1, -0.05) is 0 Å². The van der Waals surface area contributed by atoms with Gasteiger partial charge >= 0.3 is 11.9 Å². The number of H-pyrrole nitrogens is 1. The van der Waals surface area contributed by atoms with E-state index in [9.17, 15) is 27.6 Å². The largest absolute Gasteiger partial charge is 0.467 e. The van der Waals surface area contributed by atoms with E-state index in [-0.39, 0.29) is 12.3 Å². The fraction of sp³-hybridized carbons (Fsp3) is 0.188. The van der Waals surface area contributed by atoms with Gasteiger partial charge in [0.25, 0.3) is 17.0 Å². The Bertz CT molecular complexity index is 1190. The molecule has 1 aliphatic heterocycles. The first-order chi connectivity index (χ1) is 13.7. The number of nitrogens with one attached hydrogen (secondary N) is 3. The SMILES string of the molecule is O=C1Nc2c(c(=O)[nH]c(=O)n2Cc2ccco2)[C@@]1(Nc1ncccn1)C(F)(F)F. The van der Waals surface area contributed by atoms with Gasteiger partial charge in [0, 0.05) is 12.4 Å². The van der Waals surface area contributed by atoms with E-state index in [0.29, 0.717) is 0 Å². The molecule has 0 fully saturated rings. The maximum atomic E-state index is 14.2. The first-order valence-corrected chi connectivity index (χ1v) is 8.07. The van der Waals surface area contributed by atoms with Crippen molar-refractivity contribution in [1.82, 2.24) is 19.5 Å². The van der Waals surface area contributed by atoms with Gasteiger partial charge < -0.3 is 15.1 Å². The molecule has 4 rings (SSSR count). The highest BCUT2D eigenvalue weighted by molar-refractivity contribution is 6.07. The Kier molecular flexibility index (Phi) is 4.03. The average molecular weight is 408 g/mol. The molecule has 0 saturated carbocycles. The Labute approximate surface area is 158 Å². The third kappa shape index (κ3) is 2.78. The topological polar surface area (TPSA) is 135 Å². The third-order valence-electron chi connectivity index (χ3n) is 4.33. The Morgan fingerprint density at radius 3 is 2.52 bits per heavy atom. The van der Waals surface area contributed by atoms with Gasteiger partial charge in [0.2, 0.25) is 5.95 Å². The summed E-state index contributed by atoms with van der Waals surface area (Å²) >= 11 is 0. The molecule has 10 nitrogen and oxygen atoms in total. The van der Waals surface area contributed by atoms with E-state index in [4.69, 9.17) is 4.42 Å². The maximum absolute atomic E-state index is 14.2. The van der Waals surface area contributed by atoms with Crippen LogP contribution in [0, 0.1) is 0 Å². The molecule has 0 unspecified atom stereocenters. The number of anilines is 2. The molecule has 150 valence electrons. The predicted octanol–water partition coefficient (Wildman–Crippen LogP) is 0.790. The molecule has 29 heavy (non-hydrogen) atoms. The van der Waals surface area contributed by atoms with E-state index >= 15 is 0 Å². The van der Waals surface area contributed by atoms with Gasteiger partial charge in [0.15, 0.2) is 0 Å². The van der Waals surface area contributed by atoms with Crippen molar-refractivity contribution in [2.45, 2.75) is 18.3 Å². The van der Waals surface area contributed by atoms with Crippen molar-refractivity contribution in [3.8, 4) is 0 Å². The fourth-order valence-electron chi connectivity index (χ4n) is 3.07. The number of alkyl halides is 3. The van der Waals surface area contributed by atoms with Crippen molar-refractivity contribution in [2.75, 3.05) is 10.6 Å². The van der Waals surface area contributed by atoms with Crippen molar-refractivity contribution in [3.05, 3.63) is 69.0 Å². The highest BCUT2D eigenvalue weighted by Gasteiger charge is 2.68. The van der Waals surface area contributed by atoms with Gasteiger partial charge in [0.05, 0.1) is 12.8 Å². The van der Waals surface area contributed by atoms with Gasteiger partial charge in [0.1, 0.15) is 17.1 Å². The number of hydrogen-bond donors (Lipinski definition) is 3. The molecule has 4 heterocycles. The summed E-state index contributed by atoms with van der Waals surface area (Å²) < 4.78 is 48.4. The highest BCUT2D eigenvalue weighted by atomic mass is 19.4. The molecule has 0 radical (unpaired) electrons. The third-order valence-corrected chi connectivity index (χ3v) is 4.33. The second-order valence-corrected chi connectivity index (χ2v) is 6.05. The lowest BCUT2D eigenvalue weighted by Gasteiger charge is -2.29. The number of nitrogens with zero attached hydrogens (tertiary/aromatic N) is 3. The first-order valence-electron chi connectivity index (χ1n) is 8.07. The number of fused-ring (bicyclic) bond motifs is 1. The van der Waals surface area contributed by atoms with E-state index in [0.717, 1.165) is 17.0 Å². The number of carbonyl (C=O) groups is 1. The van der Waals surface area contributed by atoms with Gasteiger partial charge in [-0.3, -0.25) is 19.1 Å². The van der Waals surface area contributed by atoms with Crippen molar-refractivity contribution in [1.29, 1.82) is 0 Å². The molecule has 1 atom stereocenters. The van der Waals surface area contributed by atoms with E-state index in [2.05, 4.69) is 9.97 Å². The lowest BCUT2D eigenvalue weighted by molar-refractivity contribution is -0.184. The van der Waals surface area contributed by atoms with Crippen LogP contribution in [0.25, 0.3) is 0 Å². The van der Waals surface area contributed by atoms with Crippen molar-refractivity contribution >= 4 is 17.7 Å². The normalized spacial score (nSPS) is 18.4. The fourth-order valence-corrected chi connectivity index (χ4v) is 3.07. The molecule has 0 saturated heterocycles. The summed E-state index contributed by atoms with van der Waals surface area (Å²) in [5.41, 5.74) is -6.91. The number of halogens is 3. The van der Waals surface area contributed by atoms with Crippen LogP contribution in [0.2, 0.25) is 0 Å². The summed E-state index contributed by atoms with van der Waals surface area (Å²) in [5, 5.41) is 3.93. The number of carbonyl (C=O) groups excluding carboxylic acids is 1. The van der Waals surface area contributed by atoms with E-state index in [1.54, 1.807) is 0 Å². The van der Waals surface area contributed by atoms with Crippen LogP contribution in [0.15, 0.2) is 50.9 Å². The van der Waals surface area contributed by atoms with Crippen LogP contribution in [-0.4, -0.2) is 31.6 Å². The van der Waals surface area contributed by atoms with E-state index in [1.165, 1.54) is 24.5 Å². The lowest BCUT2D eigenvalue weighted by atomic mass is 9.92. The molecule has 0 bridgehead atoms. The predicted molar refractivity (Wildman–Crippen MR) is 91.2 cm³/mol. The Hall–Kier alpha value is -3.90. The van der Waals surface area contributed by atoms with Crippen LogP contribution < -0.4 is 21.9 Å². The number of aromatic amines is 1. The van der Waals surface area contributed by atoms with Gasteiger partial charge in [-0.2, -0.15) is 13.2 Å². The quantitative estimate of drug-likeness (QED) is 0.581. The molecule has 1 amide bonds. The van der Waals surface area contributed by atoms with E-state index in [1.807, 2.05) is 15.6 Å². The van der Waals surface area contributed by atoms with Crippen LogP contribution >= 0.6 is 0 Å². The first kappa shape index (κ1) is 18.5. The zero-order valence-electron chi connectivity index (χ0n) is 14.3. The van der Waals surface area contributed by atoms with Crippen molar-refractivity contribution in [2.24, 2.45) is 0 Å². The molecular weight excluding hydrogens is 397 g/mol. The monoisotopic (exact) mass is 408 g/mol. The molecule has 3 aromatic heterocycles. The molecule has 0 spiro atoms. The number of amides is 1. The summed E-state index contributed by atoms with van der Waals surface area (Å²) in [4.78, 5) is 46.3. The Morgan fingerprint density at radius 1 is 1.17 bits per heavy atom. The lowest BCUT2D eigenvalue weighted by Crippen LogP contribution is -2.56. The van der Waals surface area contributed by atoms with Crippen molar-refractivity contribution in [3.63, 3.8) is 0 Å². The highest BCUT2D eigenvalue weighted by Crippen LogP contribution is 2.46. The Morgan fingerprint density at radius 2 is 1.90 bits per heavy atom. The summed E-state index contributed by atoms with van der Waals surface area (Å²) in [6.07, 6.45) is -1.65. The minimum Gasteiger partial charge on any atom is -0.467 e. The molecule has 0 aromatic carbocycles. The number of rotatable bonds is 4. The summed E-state index contributed by atoms with van der Waals surface area (Å²) in [7, 11) is 0. The number of hydrogen-bond acceptors (Lipinski definition) is 7. The standard InChI is InChI=1S/C16H11F3N6O4/c17-16(18,19)15(24-13-20-4-2-5-21-13)9-10(22-12(15)27)25(14(28)23-11(9)26)7-8-3-1-6-29-8/h1-6H,7H2,(H,22,27)(H,20,21,24)(H,23,26,28)/t15-/m0/s1. The second-order valence-electron chi connectivity index (χ2n) is 6.05. The molecule has 3 aromatic rings. The van der Waals surface area contributed by atoms with Crippen LogP contribution in [0.3, 0.4) is 0 Å². The molecule has 1 aliphatic rings. The van der Waals surface area contributed by atoms with Crippen LogP contribution in [0.1, 0.15) is 11.3 Å². The minimum absolute atomic E-state index is 0.222. The zero-order chi connectivity index (χ0) is 20.8. The number of furan rings is 1. The molecule has 13 heteroatoms. The summed E-state index contributed by atoms with van der Waals surface area (Å²) in [6, 6.07) is 4.36. The molecular formula is C16H11F3N6O4.